The molecule has 0 unspecified atom stereocenters. The molecule has 7 aromatic carbocycles. The molecule has 0 saturated heterocycles. The molecule has 0 amide bonds. The first-order chi connectivity index (χ1) is 24.8. The molecule has 1 aromatic heterocycles. The zero-order valence-electron chi connectivity index (χ0n) is 27.1. The van der Waals surface area contributed by atoms with Crippen LogP contribution in [0, 0.1) is 0 Å². The van der Waals surface area contributed by atoms with Crippen LogP contribution in [0.1, 0.15) is 22.3 Å². The van der Waals surface area contributed by atoms with Crippen LogP contribution in [0.15, 0.2) is 192 Å². The van der Waals surface area contributed by atoms with E-state index in [4.69, 9.17) is 0 Å². The summed E-state index contributed by atoms with van der Waals surface area (Å²) in [5.74, 6) is 0. The van der Waals surface area contributed by atoms with Crippen LogP contribution in [-0.2, 0) is 5.41 Å². The van der Waals surface area contributed by atoms with Crippen molar-refractivity contribution in [3.63, 3.8) is 0 Å². The van der Waals surface area contributed by atoms with E-state index in [1.807, 2.05) is 24.2 Å². The van der Waals surface area contributed by atoms with Crippen molar-refractivity contribution in [2.75, 3.05) is 0 Å². The van der Waals surface area contributed by atoms with Gasteiger partial charge in [0.2, 0.25) is 0 Å². The molecule has 2 nitrogen and oxygen atoms in total. The summed E-state index contributed by atoms with van der Waals surface area (Å²) < 4.78 is 0. The molecule has 1 aliphatic heterocycles. The molecule has 0 spiro atoms. The van der Waals surface area contributed by atoms with Crippen LogP contribution in [0.5, 0.6) is 0 Å². The molecule has 3 heteroatoms. The lowest BCUT2D eigenvalue weighted by molar-refractivity contribution is 0.694. The van der Waals surface area contributed by atoms with Gasteiger partial charge in [-0.25, -0.2) is 9.97 Å². The van der Waals surface area contributed by atoms with Crippen LogP contribution in [0.3, 0.4) is 0 Å². The Labute approximate surface area is 296 Å². The molecule has 0 bridgehead atoms. The predicted molar refractivity (Wildman–Crippen MR) is 205 cm³/mol. The fourth-order valence-corrected chi connectivity index (χ4v) is 9.44. The zero-order chi connectivity index (χ0) is 33.1. The Bertz CT molecular complexity index is 2540. The maximum Gasteiger partial charge on any atom is 0.115 e. The number of aromatic nitrogens is 2. The van der Waals surface area contributed by atoms with Gasteiger partial charge >= 0.3 is 0 Å². The van der Waals surface area contributed by atoms with E-state index in [9.17, 15) is 0 Å². The highest BCUT2D eigenvalue weighted by Crippen LogP contribution is 2.56. The monoisotopic (exact) mass is 654 g/mol. The highest BCUT2D eigenvalue weighted by atomic mass is 32.2. The van der Waals surface area contributed by atoms with Gasteiger partial charge in [0.05, 0.1) is 5.41 Å². The number of benzene rings is 7. The number of hydrogen-bond donors (Lipinski definition) is 0. The van der Waals surface area contributed by atoms with Crippen LogP contribution in [0.25, 0.3) is 55.6 Å². The Morgan fingerprint density at radius 3 is 1.38 bits per heavy atom. The molecule has 2 aliphatic rings. The van der Waals surface area contributed by atoms with E-state index in [2.05, 4.69) is 174 Å². The van der Waals surface area contributed by atoms with Gasteiger partial charge in [-0.2, -0.15) is 0 Å². The number of rotatable bonds is 3. The molecule has 0 N–H and O–H groups in total. The summed E-state index contributed by atoms with van der Waals surface area (Å²) in [6.45, 7) is 0. The molecule has 0 fully saturated rings. The second-order valence-electron chi connectivity index (χ2n) is 12.9. The SMILES string of the molecule is c1cc(-c2ccc3c(c2)-c2ccccc2-c2ccccc2-c2ccccc2-3)cc(C2(c3cncnc3)c3ccccc3Sc3ccccc32)c1. The van der Waals surface area contributed by atoms with Crippen molar-refractivity contribution >= 4 is 11.8 Å². The van der Waals surface area contributed by atoms with Gasteiger partial charge in [0.25, 0.3) is 0 Å². The Hall–Kier alpha value is -6.03. The second kappa shape index (κ2) is 11.5. The standard InChI is InChI=1S/C47H30N2S/c1-2-15-36-35(14-1)37-16-3-4-18-39(37)41-25-24-32(27-42(41)40-19-6-5-17-38(36)40)31-12-11-13-33(26-31)47(34-28-48-30-49-29-34)43-20-7-9-22-45(43)50-46-23-10-8-21-44(46)47/h1-30H. The molecule has 8 aromatic rings. The Balaban J connectivity index is 1.22. The maximum absolute atomic E-state index is 4.56. The molecule has 0 radical (unpaired) electrons. The highest BCUT2D eigenvalue weighted by Gasteiger charge is 2.44. The third kappa shape index (κ3) is 4.30. The molecule has 1 aliphatic carbocycles. The first-order valence-electron chi connectivity index (χ1n) is 17.0. The minimum Gasteiger partial charge on any atom is -0.244 e. The fourth-order valence-electron chi connectivity index (χ4n) is 8.25. The number of hydrogen-bond acceptors (Lipinski definition) is 3. The normalized spacial score (nSPS) is 13.3. The Morgan fingerprint density at radius 2 is 0.820 bits per heavy atom. The van der Waals surface area contributed by atoms with Gasteiger partial charge in [-0.3, -0.25) is 0 Å². The molecular weight excluding hydrogens is 625 g/mol. The lowest BCUT2D eigenvalue weighted by Gasteiger charge is -2.41. The van der Waals surface area contributed by atoms with Crippen molar-refractivity contribution in [2.45, 2.75) is 15.2 Å². The molecule has 0 saturated carbocycles. The summed E-state index contributed by atoms with van der Waals surface area (Å²) in [7, 11) is 0. The van der Waals surface area contributed by atoms with Crippen LogP contribution in [0.2, 0.25) is 0 Å². The lowest BCUT2D eigenvalue weighted by Crippen LogP contribution is -2.34. The topological polar surface area (TPSA) is 25.8 Å². The average molecular weight is 655 g/mol. The van der Waals surface area contributed by atoms with Crippen molar-refractivity contribution in [3.8, 4) is 55.6 Å². The first-order valence-corrected chi connectivity index (χ1v) is 17.8. The van der Waals surface area contributed by atoms with E-state index in [0.29, 0.717) is 0 Å². The Morgan fingerprint density at radius 1 is 0.360 bits per heavy atom. The molecule has 234 valence electrons. The fraction of sp³-hybridized carbons (Fsp3) is 0.0213. The van der Waals surface area contributed by atoms with Crippen LogP contribution >= 0.6 is 11.8 Å². The molecule has 50 heavy (non-hydrogen) atoms. The van der Waals surface area contributed by atoms with Crippen molar-refractivity contribution in [1.82, 2.24) is 9.97 Å². The quantitative estimate of drug-likeness (QED) is 0.190. The van der Waals surface area contributed by atoms with Crippen LogP contribution < -0.4 is 0 Å². The summed E-state index contributed by atoms with van der Waals surface area (Å²) in [4.78, 5) is 11.6. The molecule has 2 heterocycles. The van der Waals surface area contributed by atoms with Gasteiger partial charge in [-0.05, 0) is 96.6 Å². The van der Waals surface area contributed by atoms with Crippen LogP contribution in [-0.4, -0.2) is 9.97 Å². The van der Waals surface area contributed by atoms with Gasteiger partial charge in [0.15, 0.2) is 0 Å². The first kappa shape index (κ1) is 28.9. The van der Waals surface area contributed by atoms with Crippen molar-refractivity contribution in [2.24, 2.45) is 0 Å². The van der Waals surface area contributed by atoms with E-state index >= 15 is 0 Å². The maximum atomic E-state index is 4.56. The summed E-state index contributed by atoms with van der Waals surface area (Å²) in [6.07, 6.45) is 5.59. The second-order valence-corrected chi connectivity index (χ2v) is 14.0. The van der Waals surface area contributed by atoms with Gasteiger partial charge in [-0.1, -0.05) is 151 Å². The minimum atomic E-state index is -0.589. The van der Waals surface area contributed by atoms with Gasteiger partial charge in [0.1, 0.15) is 6.33 Å². The van der Waals surface area contributed by atoms with Gasteiger partial charge < -0.3 is 0 Å². The zero-order valence-corrected chi connectivity index (χ0v) is 27.9. The van der Waals surface area contributed by atoms with Gasteiger partial charge in [0, 0.05) is 27.7 Å². The minimum absolute atomic E-state index is 0.589. The number of fused-ring (bicyclic) bond motifs is 10. The largest absolute Gasteiger partial charge is 0.244 e. The highest BCUT2D eigenvalue weighted by molar-refractivity contribution is 7.99. The lowest BCUT2D eigenvalue weighted by atomic mass is 9.65. The summed E-state index contributed by atoms with van der Waals surface area (Å²) in [6, 6.07) is 60.2. The smallest absolute Gasteiger partial charge is 0.115 e. The van der Waals surface area contributed by atoms with E-state index in [0.717, 1.165) is 5.56 Å². The van der Waals surface area contributed by atoms with Crippen molar-refractivity contribution in [3.05, 3.63) is 205 Å². The average Bonchev–Trinajstić information content (AvgIpc) is 3.19. The number of nitrogens with zero attached hydrogens (tertiary/aromatic N) is 2. The van der Waals surface area contributed by atoms with E-state index < -0.39 is 5.41 Å². The molecular formula is C47H30N2S. The third-order valence-electron chi connectivity index (χ3n) is 10.4. The summed E-state index contributed by atoms with van der Waals surface area (Å²) >= 11 is 1.84. The third-order valence-corrected chi connectivity index (χ3v) is 11.5. The molecule has 10 rings (SSSR count). The van der Waals surface area contributed by atoms with E-state index in [1.165, 1.54) is 82.1 Å². The van der Waals surface area contributed by atoms with Crippen molar-refractivity contribution < 1.29 is 0 Å². The van der Waals surface area contributed by atoms with Crippen LogP contribution in [0.4, 0.5) is 0 Å². The summed E-state index contributed by atoms with van der Waals surface area (Å²) in [5.41, 5.74) is 16.5. The Kier molecular flexibility index (Phi) is 6.68. The van der Waals surface area contributed by atoms with E-state index in [-0.39, 0.29) is 0 Å². The van der Waals surface area contributed by atoms with Gasteiger partial charge in [-0.15, -0.1) is 0 Å². The molecule has 0 atom stereocenters. The van der Waals surface area contributed by atoms with Crippen molar-refractivity contribution in [1.29, 1.82) is 0 Å². The van der Waals surface area contributed by atoms with E-state index in [1.54, 1.807) is 6.33 Å². The summed E-state index contributed by atoms with van der Waals surface area (Å²) in [5, 5.41) is 0. The predicted octanol–water partition coefficient (Wildman–Crippen LogP) is 12.0.